The molecule has 0 heterocycles. The van der Waals surface area contributed by atoms with Gasteiger partial charge in [0.1, 0.15) is 6.10 Å². The molecule has 0 aromatic carbocycles. The van der Waals surface area contributed by atoms with Crippen molar-refractivity contribution in [3.63, 3.8) is 0 Å². The average Bonchev–Trinajstić information content (AvgIpc) is 2.38. The minimum absolute atomic E-state index is 0.0478. The van der Waals surface area contributed by atoms with Crippen LogP contribution in [-0.2, 0) is 19.1 Å². The van der Waals surface area contributed by atoms with Crippen LogP contribution >= 0.6 is 0 Å². The molecular weight excluding hydrogens is 244 g/mol. The second-order valence-corrected chi connectivity index (χ2v) is 4.66. The molecule has 0 N–H and O–H groups in total. The van der Waals surface area contributed by atoms with Gasteiger partial charge in [-0.3, -0.25) is 9.59 Å². The monoisotopic (exact) mass is 272 g/mol. The van der Waals surface area contributed by atoms with Crippen molar-refractivity contribution in [2.75, 3.05) is 6.61 Å². The molecule has 1 atom stereocenters. The first-order valence-corrected chi connectivity index (χ1v) is 7.49. The molecular formula is C15H28O4. The number of hydrogen-bond acceptors (Lipinski definition) is 4. The third kappa shape index (κ3) is 10.5. The molecule has 0 aliphatic carbocycles. The first-order chi connectivity index (χ1) is 9.13. The van der Waals surface area contributed by atoms with Gasteiger partial charge in [0, 0.05) is 12.8 Å². The summed E-state index contributed by atoms with van der Waals surface area (Å²) < 4.78 is 10.3. The Labute approximate surface area is 116 Å². The van der Waals surface area contributed by atoms with Crippen LogP contribution in [0.5, 0.6) is 0 Å². The Morgan fingerprint density at radius 2 is 1.63 bits per heavy atom. The zero-order valence-corrected chi connectivity index (χ0v) is 12.6. The van der Waals surface area contributed by atoms with Crippen molar-refractivity contribution in [1.29, 1.82) is 0 Å². The molecule has 0 aromatic heterocycles. The van der Waals surface area contributed by atoms with Gasteiger partial charge in [0.25, 0.3) is 0 Å². The second kappa shape index (κ2) is 12.0. The van der Waals surface area contributed by atoms with Crippen molar-refractivity contribution >= 4 is 11.9 Å². The smallest absolute Gasteiger partial charge is 0.305 e. The Bertz CT molecular complexity index is 251. The number of unbranched alkanes of at least 4 members (excludes halogenated alkanes) is 2. The van der Waals surface area contributed by atoms with Gasteiger partial charge in [0.05, 0.1) is 6.61 Å². The summed E-state index contributed by atoms with van der Waals surface area (Å²) in [6.07, 6.45) is 6.48. The molecule has 19 heavy (non-hydrogen) atoms. The van der Waals surface area contributed by atoms with E-state index in [2.05, 4.69) is 6.92 Å². The van der Waals surface area contributed by atoms with E-state index in [1.807, 2.05) is 0 Å². The molecule has 0 radical (unpaired) electrons. The average molecular weight is 272 g/mol. The number of carbonyl (C=O) groups excluding carboxylic acids is 2. The minimum Gasteiger partial charge on any atom is -0.466 e. The van der Waals surface area contributed by atoms with Gasteiger partial charge in [-0.15, -0.1) is 0 Å². The lowest BCUT2D eigenvalue weighted by Crippen LogP contribution is -2.18. The molecule has 1 unspecified atom stereocenters. The van der Waals surface area contributed by atoms with Crippen LogP contribution in [0.3, 0.4) is 0 Å². The summed E-state index contributed by atoms with van der Waals surface area (Å²) in [6.45, 7) is 6.16. The summed E-state index contributed by atoms with van der Waals surface area (Å²) in [5.74, 6) is -0.325. The summed E-state index contributed by atoms with van der Waals surface area (Å²) in [5.41, 5.74) is 0. The van der Waals surface area contributed by atoms with E-state index < -0.39 is 0 Å². The van der Waals surface area contributed by atoms with E-state index in [-0.39, 0.29) is 18.0 Å². The maximum atomic E-state index is 11.3. The number of hydrogen-bond donors (Lipinski definition) is 0. The fourth-order valence-corrected chi connectivity index (χ4v) is 1.86. The van der Waals surface area contributed by atoms with Gasteiger partial charge in [0.15, 0.2) is 0 Å². The standard InChI is InChI=1S/C15H28O4/c1-4-7-8-10-13(19-14(16)5-2)11-9-12-15(17)18-6-3/h13H,4-12H2,1-3H3. The van der Waals surface area contributed by atoms with Crippen LogP contribution in [0.2, 0.25) is 0 Å². The van der Waals surface area contributed by atoms with Crippen molar-refractivity contribution in [1.82, 2.24) is 0 Å². The van der Waals surface area contributed by atoms with Crippen LogP contribution in [0.1, 0.15) is 72.1 Å². The second-order valence-electron chi connectivity index (χ2n) is 4.66. The molecule has 0 bridgehead atoms. The molecule has 0 fully saturated rings. The van der Waals surface area contributed by atoms with Crippen LogP contribution in [0.25, 0.3) is 0 Å². The van der Waals surface area contributed by atoms with Crippen LogP contribution in [0.15, 0.2) is 0 Å². The first-order valence-electron chi connectivity index (χ1n) is 7.49. The SMILES string of the molecule is CCCCCC(CCCC(=O)OCC)OC(=O)CC. The minimum atomic E-state index is -0.170. The van der Waals surface area contributed by atoms with E-state index in [4.69, 9.17) is 9.47 Å². The molecule has 0 aliphatic rings. The summed E-state index contributed by atoms with van der Waals surface area (Å²) in [7, 11) is 0. The van der Waals surface area contributed by atoms with Crippen molar-refractivity contribution in [2.24, 2.45) is 0 Å². The van der Waals surface area contributed by atoms with E-state index in [1.165, 1.54) is 0 Å². The Morgan fingerprint density at radius 1 is 0.947 bits per heavy atom. The number of ether oxygens (including phenoxy) is 2. The zero-order valence-electron chi connectivity index (χ0n) is 12.6. The third-order valence-corrected chi connectivity index (χ3v) is 2.93. The first kappa shape index (κ1) is 17.9. The van der Waals surface area contributed by atoms with Crippen LogP contribution in [-0.4, -0.2) is 24.6 Å². The molecule has 0 saturated heterocycles. The molecule has 0 saturated carbocycles. The summed E-state index contributed by atoms with van der Waals surface area (Å²) >= 11 is 0. The van der Waals surface area contributed by atoms with Crippen LogP contribution in [0, 0.1) is 0 Å². The van der Waals surface area contributed by atoms with Gasteiger partial charge in [-0.05, 0) is 32.6 Å². The fourth-order valence-electron chi connectivity index (χ4n) is 1.86. The lowest BCUT2D eigenvalue weighted by molar-refractivity contribution is -0.149. The largest absolute Gasteiger partial charge is 0.466 e. The highest BCUT2D eigenvalue weighted by molar-refractivity contribution is 5.69. The third-order valence-electron chi connectivity index (χ3n) is 2.93. The van der Waals surface area contributed by atoms with E-state index >= 15 is 0 Å². The molecule has 0 amide bonds. The highest BCUT2D eigenvalue weighted by Gasteiger charge is 2.14. The van der Waals surface area contributed by atoms with Gasteiger partial charge in [0.2, 0.25) is 0 Å². The van der Waals surface area contributed by atoms with E-state index in [1.54, 1.807) is 13.8 Å². The molecule has 112 valence electrons. The Hall–Kier alpha value is -1.06. The summed E-state index contributed by atoms with van der Waals surface area (Å²) in [5, 5.41) is 0. The maximum Gasteiger partial charge on any atom is 0.305 e. The maximum absolute atomic E-state index is 11.3. The highest BCUT2D eigenvalue weighted by Crippen LogP contribution is 2.14. The summed E-state index contributed by atoms with van der Waals surface area (Å²) in [6, 6.07) is 0. The fraction of sp³-hybridized carbons (Fsp3) is 0.867. The Morgan fingerprint density at radius 3 is 2.21 bits per heavy atom. The quantitative estimate of drug-likeness (QED) is 0.426. The number of carbonyl (C=O) groups is 2. The van der Waals surface area contributed by atoms with Crippen LogP contribution in [0.4, 0.5) is 0 Å². The van der Waals surface area contributed by atoms with Crippen molar-refractivity contribution in [3.05, 3.63) is 0 Å². The number of esters is 2. The van der Waals surface area contributed by atoms with Gasteiger partial charge in [-0.2, -0.15) is 0 Å². The predicted molar refractivity (Wildman–Crippen MR) is 74.8 cm³/mol. The Kier molecular flexibility index (Phi) is 11.3. The lowest BCUT2D eigenvalue weighted by Gasteiger charge is -2.17. The normalized spacial score (nSPS) is 11.9. The van der Waals surface area contributed by atoms with Gasteiger partial charge < -0.3 is 9.47 Å². The van der Waals surface area contributed by atoms with Crippen molar-refractivity contribution in [2.45, 2.75) is 78.2 Å². The predicted octanol–water partition coefficient (Wildman–Crippen LogP) is 3.62. The Balaban J connectivity index is 3.95. The number of rotatable bonds is 11. The van der Waals surface area contributed by atoms with E-state index in [0.717, 1.165) is 32.1 Å². The summed E-state index contributed by atoms with van der Waals surface area (Å²) in [4.78, 5) is 22.6. The van der Waals surface area contributed by atoms with Gasteiger partial charge in [-0.1, -0.05) is 26.7 Å². The highest BCUT2D eigenvalue weighted by atomic mass is 16.5. The molecule has 4 heteroatoms. The van der Waals surface area contributed by atoms with Crippen molar-refractivity contribution in [3.8, 4) is 0 Å². The van der Waals surface area contributed by atoms with Gasteiger partial charge >= 0.3 is 11.9 Å². The van der Waals surface area contributed by atoms with E-state index in [0.29, 0.717) is 25.9 Å². The zero-order chi connectivity index (χ0) is 14.5. The molecule has 4 nitrogen and oxygen atoms in total. The van der Waals surface area contributed by atoms with E-state index in [9.17, 15) is 9.59 Å². The van der Waals surface area contributed by atoms with Gasteiger partial charge in [-0.25, -0.2) is 0 Å². The lowest BCUT2D eigenvalue weighted by atomic mass is 10.0. The molecule has 0 aliphatic heterocycles. The van der Waals surface area contributed by atoms with Crippen molar-refractivity contribution < 1.29 is 19.1 Å². The molecule has 0 rings (SSSR count). The van der Waals surface area contributed by atoms with Crippen LogP contribution < -0.4 is 0 Å². The molecule has 0 spiro atoms. The molecule has 0 aromatic rings. The topological polar surface area (TPSA) is 52.6 Å².